The molecule has 10 heteroatoms. The molecule has 1 aromatic heterocycles. The van der Waals surface area contributed by atoms with E-state index in [4.69, 9.17) is 0 Å². The molecule has 10 nitrogen and oxygen atoms in total. The van der Waals surface area contributed by atoms with Gasteiger partial charge in [0.15, 0.2) is 0 Å². The number of carbonyl (C=O) groups is 1. The second kappa shape index (κ2) is 8.97. The maximum atomic E-state index is 12.0. The molecule has 2 fully saturated rings. The van der Waals surface area contributed by atoms with Crippen molar-refractivity contribution in [2.45, 2.75) is 26.7 Å². The number of rotatable bonds is 5. The third-order valence-corrected chi connectivity index (χ3v) is 6.61. The quantitative estimate of drug-likeness (QED) is 0.553. The van der Waals surface area contributed by atoms with Crippen LogP contribution in [-0.2, 0) is 4.79 Å². The van der Waals surface area contributed by atoms with E-state index in [9.17, 15) is 20.0 Å². The first kappa shape index (κ1) is 21.8. The molecule has 4 rings (SSSR count). The van der Waals surface area contributed by atoms with E-state index in [1.165, 1.54) is 23.1 Å². The predicted octanol–water partition coefficient (Wildman–Crippen LogP) is 2.63. The van der Waals surface area contributed by atoms with Crippen LogP contribution in [0, 0.1) is 29.9 Å². The van der Waals surface area contributed by atoms with Crippen LogP contribution in [0.4, 0.5) is 23.0 Å². The fraction of sp³-hybridized carbons (Fsp3) is 0.500. The lowest BCUT2D eigenvalue weighted by Crippen LogP contribution is -2.47. The third-order valence-electron chi connectivity index (χ3n) is 6.61. The minimum Gasteiger partial charge on any atom is -0.481 e. The molecule has 1 N–H and O–H groups in total. The van der Waals surface area contributed by atoms with Gasteiger partial charge in [0.1, 0.15) is 6.33 Å². The van der Waals surface area contributed by atoms with Gasteiger partial charge in [-0.2, -0.15) is 0 Å². The number of hydrogen-bond acceptors (Lipinski definition) is 8. The minimum absolute atomic E-state index is 0.0959. The molecule has 32 heavy (non-hydrogen) atoms. The highest BCUT2D eigenvalue weighted by Crippen LogP contribution is 2.36. The Labute approximate surface area is 186 Å². The molecule has 0 bridgehead atoms. The van der Waals surface area contributed by atoms with Crippen molar-refractivity contribution >= 4 is 29.0 Å². The summed E-state index contributed by atoms with van der Waals surface area (Å²) in [6.45, 7) is 7.78. The zero-order valence-corrected chi connectivity index (χ0v) is 18.4. The summed E-state index contributed by atoms with van der Waals surface area (Å²) in [5.41, 5.74) is 3.60. The van der Waals surface area contributed by atoms with E-state index in [1.54, 1.807) is 0 Å². The Hall–Kier alpha value is -3.43. The number of carboxylic acid groups (broad SMARTS) is 1. The summed E-state index contributed by atoms with van der Waals surface area (Å²) in [6, 6.07) is 6.27. The van der Waals surface area contributed by atoms with E-state index in [-0.39, 0.29) is 11.5 Å². The van der Waals surface area contributed by atoms with E-state index in [0.29, 0.717) is 44.8 Å². The first-order valence-corrected chi connectivity index (χ1v) is 10.9. The molecule has 0 amide bonds. The topological polar surface area (TPSA) is 116 Å². The van der Waals surface area contributed by atoms with Crippen LogP contribution in [0.2, 0.25) is 0 Å². The zero-order valence-electron chi connectivity index (χ0n) is 18.4. The van der Waals surface area contributed by atoms with E-state index in [2.05, 4.69) is 46.9 Å². The van der Waals surface area contributed by atoms with Crippen molar-refractivity contribution in [1.29, 1.82) is 0 Å². The number of piperazine rings is 1. The van der Waals surface area contributed by atoms with Crippen LogP contribution in [0.25, 0.3) is 0 Å². The zero-order chi connectivity index (χ0) is 22.8. The van der Waals surface area contributed by atoms with Crippen molar-refractivity contribution in [3.8, 4) is 0 Å². The van der Waals surface area contributed by atoms with Gasteiger partial charge in [0.2, 0.25) is 11.6 Å². The second-order valence-corrected chi connectivity index (χ2v) is 8.42. The molecule has 0 saturated carbocycles. The molecular formula is C22H28N6O4. The van der Waals surface area contributed by atoms with E-state index < -0.39 is 16.8 Å². The minimum atomic E-state index is -0.816. The molecule has 2 aliphatic rings. The summed E-state index contributed by atoms with van der Waals surface area (Å²) in [6.07, 6.45) is 2.26. The Balaban J connectivity index is 1.53. The number of aliphatic carboxylic acids is 1. The SMILES string of the molecule is Cc1cccc(N2CCN(c3ncnc(N4CCC(C(=O)O)CC4)c3[N+](=O)[O-])CC2)c1C. The number of aryl methyl sites for hydroxylation is 1. The van der Waals surface area contributed by atoms with E-state index >= 15 is 0 Å². The Bertz CT molecular complexity index is 1010. The number of benzene rings is 1. The summed E-state index contributed by atoms with van der Waals surface area (Å²) in [5, 5.41) is 21.3. The van der Waals surface area contributed by atoms with Crippen LogP contribution >= 0.6 is 0 Å². The average molecular weight is 441 g/mol. The van der Waals surface area contributed by atoms with Gasteiger partial charge in [-0.25, -0.2) is 9.97 Å². The van der Waals surface area contributed by atoms with Gasteiger partial charge in [-0.05, 0) is 43.9 Å². The van der Waals surface area contributed by atoms with Crippen LogP contribution in [0.1, 0.15) is 24.0 Å². The molecule has 3 heterocycles. The first-order valence-electron chi connectivity index (χ1n) is 10.9. The molecule has 0 radical (unpaired) electrons. The highest BCUT2D eigenvalue weighted by atomic mass is 16.6. The summed E-state index contributed by atoms with van der Waals surface area (Å²) >= 11 is 0. The van der Waals surface area contributed by atoms with Crippen LogP contribution in [0.15, 0.2) is 24.5 Å². The summed E-state index contributed by atoms with van der Waals surface area (Å²) in [4.78, 5) is 37.4. The lowest BCUT2D eigenvalue weighted by molar-refractivity contribution is -0.383. The largest absolute Gasteiger partial charge is 0.481 e. The van der Waals surface area contributed by atoms with Gasteiger partial charge in [0, 0.05) is 45.0 Å². The van der Waals surface area contributed by atoms with Crippen molar-refractivity contribution < 1.29 is 14.8 Å². The molecule has 0 atom stereocenters. The average Bonchev–Trinajstić information content (AvgIpc) is 2.80. The number of aromatic nitrogens is 2. The van der Waals surface area contributed by atoms with E-state index in [0.717, 1.165) is 13.1 Å². The molecule has 2 aliphatic heterocycles. The Kier molecular flexibility index (Phi) is 6.11. The van der Waals surface area contributed by atoms with Gasteiger partial charge in [-0.15, -0.1) is 0 Å². The Morgan fingerprint density at radius 1 is 1.00 bits per heavy atom. The molecule has 0 spiro atoms. The lowest BCUT2D eigenvalue weighted by Gasteiger charge is -2.37. The van der Waals surface area contributed by atoms with Gasteiger partial charge in [-0.1, -0.05) is 12.1 Å². The molecule has 0 unspecified atom stereocenters. The summed E-state index contributed by atoms with van der Waals surface area (Å²) in [7, 11) is 0. The van der Waals surface area contributed by atoms with Crippen molar-refractivity contribution in [2.75, 3.05) is 54.0 Å². The highest BCUT2D eigenvalue weighted by Gasteiger charge is 2.34. The standard InChI is InChI=1S/C22H28N6O4/c1-15-4-3-5-18(16(15)2)25-10-12-27(13-11-25)21-19(28(31)32)20(23-14-24-21)26-8-6-17(7-9-26)22(29)30/h3-5,14,17H,6-13H2,1-2H3,(H,29,30). The number of nitro groups is 1. The van der Waals surface area contributed by atoms with Crippen molar-refractivity contribution in [3.05, 3.63) is 45.8 Å². The number of piperidine rings is 1. The maximum absolute atomic E-state index is 12.0. The monoisotopic (exact) mass is 440 g/mol. The number of hydrogen-bond donors (Lipinski definition) is 1. The Morgan fingerprint density at radius 3 is 2.12 bits per heavy atom. The maximum Gasteiger partial charge on any atom is 0.353 e. The Morgan fingerprint density at radius 2 is 1.56 bits per heavy atom. The number of anilines is 3. The van der Waals surface area contributed by atoms with Gasteiger partial charge < -0.3 is 19.8 Å². The van der Waals surface area contributed by atoms with Gasteiger partial charge in [-0.3, -0.25) is 14.9 Å². The molecule has 2 aromatic rings. The lowest BCUT2D eigenvalue weighted by atomic mass is 9.97. The van der Waals surface area contributed by atoms with Gasteiger partial charge in [0.25, 0.3) is 0 Å². The predicted molar refractivity (Wildman–Crippen MR) is 122 cm³/mol. The smallest absolute Gasteiger partial charge is 0.353 e. The molecule has 2 saturated heterocycles. The highest BCUT2D eigenvalue weighted by molar-refractivity contribution is 5.73. The molecule has 0 aliphatic carbocycles. The molecule has 170 valence electrons. The fourth-order valence-corrected chi connectivity index (χ4v) is 4.56. The van der Waals surface area contributed by atoms with Crippen molar-refractivity contribution in [3.63, 3.8) is 0 Å². The van der Waals surface area contributed by atoms with Gasteiger partial charge >= 0.3 is 11.7 Å². The molecular weight excluding hydrogens is 412 g/mol. The molecule has 1 aromatic carbocycles. The van der Waals surface area contributed by atoms with Crippen LogP contribution in [0.3, 0.4) is 0 Å². The van der Waals surface area contributed by atoms with Crippen molar-refractivity contribution in [1.82, 2.24) is 9.97 Å². The van der Waals surface area contributed by atoms with Crippen LogP contribution in [-0.4, -0.2) is 65.2 Å². The fourth-order valence-electron chi connectivity index (χ4n) is 4.56. The first-order chi connectivity index (χ1) is 15.4. The number of nitrogens with zero attached hydrogens (tertiary/aromatic N) is 6. The van der Waals surface area contributed by atoms with Crippen LogP contribution < -0.4 is 14.7 Å². The van der Waals surface area contributed by atoms with Crippen LogP contribution in [0.5, 0.6) is 0 Å². The number of carboxylic acids is 1. The second-order valence-electron chi connectivity index (χ2n) is 8.42. The summed E-state index contributed by atoms with van der Waals surface area (Å²) in [5.74, 6) is -0.615. The van der Waals surface area contributed by atoms with E-state index in [1.807, 2.05) is 9.80 Å². The van der Waals surface area contributed by atoms with Gasteiger partial charge in [0.05, 0.1) is 10.8 Å². The normalized spacial score (nSPS) is 17.5. The van der Waals surface area contributed by atoms with Crippen molar-refractivity contribution in [2.24, 2.45) is 5.92 Å². The summed E-state index contributed by atoms with van der Waals surface area (Å²) < 4.78 is 0. The third kappa shape index (κ3) is 4.17.